The van der Waals surface area contributed by atoms with Crippen LogP contribution in [0.1, 0.15) is 125 Å². The van der Waals surface area contributed by atoms with E-state index in [1.807, 2.05) is 66.7 Å². The number of ether oxygens (including phenoxy) is 8. The molecule has 22 heteroatoms. The van der Waals surface area contributed by atoms with Gasteiger partial charge in [-0.3, -0.25) is 19.2 Å². The number of Topliss-reactive ketones (excluding diaryl/α,β-unsaturated/α-hetero) is 2. The molecule has 0 saturated heterocycles. The third-order valence-corrected chi connectivity index (χ3v) is 13.5. The number of carbonyl (C=O) groups excluding carboxylic acids is 6. The molecule has 2 heterocycles. The Balaban J connectivity index is 0.000000634. The fourth-order valence-electron chi connectivity index (χ4n) is 9.24. The Kier molecular flexibility index (Phi) is 30.0. The molecule has 460 valence electrons. The first kappa shape index (κ1) is 75.4. The van der Waals surface area contributed by atoms with Crippen molar-refractivity contribution in [3.05, 3.63) is 135 Å². The average molecular weight is 1250 g/mol. The summed E-state index contributed by atoms with van der Waals surface area (Å²) in [6, 6.07) is 10.9. The summed E-state index contributed by atoms with van der Waals surface area (Å²) in [5, 5.41) is 19.5. The predicted octanol–water partition coefficient (Wildman–Crippen LogP) is 9.98. The lowest BCUT2D eigenvalue weighted by Crippen LogP contribution is -2.41. The van der Waals surface area contributed by atoms with Crippen molar-refractivity contribution in [3.63, 3.8) is 0 Å². The average Bonchev–Trinajstić information content (AvgIpc) is 1.79. The van der Waals surface area contributed by atoms with Crippen LogP contribution in [0.4, 0.5) is 0 Å². The van der Waals surface area contributed by atoms with Crippen LogP contribution in [0.5, 0.6) is 23.0 Å². The van der Waals surface area contributed by atoms with E-state index >= 15 is 0 Å². The number of hydrogen-bond donors (Lipinski definition) is 2. The van der Waals surface area contributed by atoms with Crippen molar-refractivity contribution in [3.8, 4) is 23.0 Å². The van der Waals surface area contributed by atoms with Gasteiger partial charge in [0.1, 0.15) is 17.4 Å². The number of ketones is 2. The highest BCUT2D eigenvalue weighted by atomic mass is 79.9. The van der Waals surface area contributed by atoms with Crippen molar-refractivity contribution in [1.29, 1.82) is 0 Å². The summed E-state index contributed by atoms with van der Waals surface area (Å²) in [4.78, 5) is 83.9. The highest BCUT2D eigenvalue weighted by Gasteiger charge is 2.30. The molecule has 4 aromatic carbocycles. The Morgan fingerprint density at radius 2 is 0.894 bits per heavy atom. The van der Waals surface area contributed by atoms with Gasteiger partial charge in [-0.2, -0.15) is 19.2 Å². The second-order valence-electron chi connectivity index (χ2n) is 20.6. The van der Waals surface area contributed by atoms with Crippen molar-refractivity contribution in [2.75, 3.05) is 55.6 Å². The van der Waals surface area contributed by atoms with Gasteiger partial charge in [-0.1, -0.05) is 63.8 Å². The first-order valence-corrected chi connectivity index (χ1v) is 25.9. The van der Waals surface area contributed by atoms with Crippen LogP contribution in [0.3, 0.4) is 0 Å². The highest BCUT2D eigenvalue weighted by molar-refractivity contribution is 9.12. The van der Waals surface area contributed by atoms with Crippen LogP contribution < -0.4 is 35.3 Å². The number of carbonyl (C=O) groups is 2. The number of rotatable bonds is 14. The first-order valence-electron chi connectivity index (χ1n) is 25.1. The van der Waals surface area contributed by atoms with E-state index in [4.69, 9.17) is 65.9 Å². The summed E-state index contributed by atoms with van der Waals surface area (Å²) in [6.07, 6.45) is 6.97. The van der Waals surface area contributed by atoms with Crippen LogP contribution in [0.15, 0.2) is 71.8 Å². The maximum atomic E-state index is 13.9. The van der Waals surface area contributed by atoms with E-state index in [-0.39, 0.29) is 112 Å². The van der Waals surface area contributed by atoms with Gasteiger partial charge in [0, 0.05) is 46.9 Å². The van der Waals surface area contributed by atoms with Crippen LogP contribution in [-0.2, 0) is 71.4 Å². The largest absolute Gasteiger partial charge is 0.495 e. The van der Waals surface area contributed by atoms with Crippen molar-refractivity contribution in [1.82, 2.24) is 0 Å². The molecule has 85 heavy (non-hydrogen) atoms. The third kappa shape index (κ3) is 18.7. The van der Waals surface area contributed by atoms with E-state index in [1.165, 1.54) is 27.6 Å². The SMILES string of the molecule is C.C.C.COCOc1cc2c(cc1OCOC)CC(=O)C(Br)=C2.COCOc1cc2c(cc1OCOC)CC(=O)C(c1coc3cc(C)c(C)c(C(C)(C)C)c3c1=O)=C2.Cc1cc2occ(B(O)O)c(=O)c2c(C(C)(C)C)c1C.O=C=O.O=C=O. The topological polar surface area (TPSA) is 277 Å². The molecule has 0 aliphatic heterocycles. The van der Waals surface area contributed by atoms with Crippen molar-refractivity contribution in [2.24, 2.45) is 0 Å². The van der Waals surface area contributed by atoms with Crippen LogP contribution in [0, 0.1) is 27.7 Å². The van der Waals surface area contributed by atoms with Gasteiger partial charge in [-0.15, -0.1) is 0 Å². The summed E-state index contributed by atoms with van der Waals surface area (Å²) >= 11 is 3.26. The molecule has 0 saturated carbocycles. The number of hydrogen-bond acceptors (Lipinski definition) is 20. The van der Waals surface area contributed by atoms with Gasteiger partial charge in [-0.05, 0) is 159 Å². The Labute approximate surface area is 504 Å². The van der Waals surface area contributed by atoms with Crippen LogP contribution in [0.2, 0.25) is 0 Å². The number of fused-ring (bicyclic) bond motifs is 4. The molecule has 6 aromatic rings. The molecular weight excluding hydrogens is 1170 g/mol. The molecule has 0 unspecified atom stereocenters. The minimum Gasteiger partial charge on any atom is -0.464 e. The maximum absolute atomic E-state index is 13.9. The fourth-order valence-corrected chi connectivity index (χ4v) is 9.63. The molecule has 0 fully saturated rings. The van der Waals surface area contributed by atoms with Crippen molar-refractivity contribution < 1.29 is 85.5 Å². The van der Waals surface area contributed by atoms with Gasteiger partial charge < -0.3 is 56.8 Å². The minimum absolute atomic E-state index is 0. The highest BCUT2D eigenvalue weighted by Crippen LogP contribution is 2.40. The number of halogens is 1. The van der Waals surface area contributed by atoms with Gasteiger partial charge in [0.2, 0.25) is 5.43 Å². The number of benzene rings is 4. The Hall–Kier alpha value is -7.62. The Morgan fingerprint density at radius 3 is 1.27 bits per heavy atom. The quantitative estimate of drug-likeness (QED) is 0.0757. The standard InChI is InChI=1S/C29H32O7.C15H19BO4.C14H15BrO5.2CO2.3CH4/c1-16-8-25-26(27(17(16)2)29(3,4)5)28(31)21(13-34-25)20-9-18-11-23(35-14-32-6)24(36-15-33-7)12-19(18)10-22(20)30;1-8-6-11-12(13(9(8)2)15(3,4)5)14(17)10(7-20-11)16(18)19;1-17-7-19-13-5-9-3-11(15)12(16)4-10(9)6-14(13)20-8-18-2;2*2-1-3;;;/h8-9,11-13H,10,14-15H2,1-7H3;6-7,18-19H,1-5H3;3,5-6H,4,7-8H2,1-2H3;;;3*1H4. The lowest BCUT2D eigenvalue weighted by Gasteiger charge is -2.25. The maximum Gasteiger partial charge on any atom is 0.495 e. The van der Waals surface area contributed by atoms with Gasteiger partial charge in [0.15, 0.2) is 67.2 Å². The van der Waals surface area contributed by atoms with Crippen LogP contribution >= 0.6 is 15.9 Å². The van der Waals surface area contributed by atoms with Crippen molar-refractivity contribution in [2.45, 2.75) is 115 Å². The molecule has 0 spiro atoms. The minimum atomic E-state index is -1.83. The third-order valence-electron chi connectivity index (χ3n) is 12.9. The molecule has 2 N–H and O–H groups in total. The molecule has 2 aliphatic rings. The second kappa shape index (κ2) is 33.8. The normalized spacial score (nSPS) is 12.0. The molecule has 2 aliphatic carbocycles. The molecule has 0 amide bonds. The fraction of sp³-hybridized carbons (Fsp3) is 0.397. The number of aryl methyl sites for hydroxylation is 2. The zero-order valence-electron chi connectivity index (χ0n) is 48.2. The summed E-state index contributed by atoms with van der Waals surface area (Å²) < 4.78 is 54.0. The van der Waals surface area contributed by atoms with E-state index < -0.39 is 7.12 Å². The lowest BCUT2D eigenvalue weighted by atomic mass is 9.77. The lowest BCUT2D eigenvalue weighted by molar-refractivity contribution is -0.193. The van der Waals surface area contributed by atoms with Gasteiger partial charge in [0.05, 0.1) is 32.5 Å². The van der Waals surface area contributed by atoms with Gasteiger partial charge in [-0.25, -0.2) is 0 Å². The molecular formula is C63H78BBrO20. The van der Waals surface area contributed by atoms with Crippen LogP contribution in [-0.4, -0.2) is 96.6 Å². The van der Waals surface area contributed by atoms with E-state index in [9.17, 15) is 29.2 Å². The Morgan fingerprint density at radius 1 is 0.541 bits per heavy atom. The predicted molar refractivity (Wildman–Crippen MR) is 326 cm³/mol. The van der Waals surface area contributed by atoms with Crippen molar-refractivity contribution >= 4 is 92.0 Å². The molecule has 2 aromatic heterocycles. The number of allylic oxidation sites excluding steroid dienone is 2. The van der Waals surface area contributed by atoms with E-state index in [0.29, 0.717) is 61.4 Å². The summed E-state index contributed by atoms with van der Waals surface area (Å²) in [5.41, 5.74) is 9.69. The summed E-state index contributed by atoms with van der Waals surface area (Å²) in [7, 11) is 4.31. The number of methoxy groups -OCH3 is 4. The molecule has 20 nitrogen and oxygen atoms in total. The van der Waals surface area contributed by atoms with E-state index in [1.54, 1.807) is 37.5 Å². The van der Waals surface area contributed by atoms with E-state index in [0.717, 1.165) is 61.9 Å². The smallest absolute Gasteiger partial charge is 0.464 e. The monoisotopic (exact) mass is 1240 g/mol. The molecule has 0 radical (unpaired) electrons. The van der Waals surface area contributed by atoms with E-state index in [2.05, 4.69) is 36.7 Å². The van der Waals surface area contributed by atoms with Gasteiger partial charge >= 0.3 is 19.4 Å². The summed E-state index contributed by atoms with van der Waals surface area (Å²) in [5.74, 6) is 1.85. The second-order valence-corrected chi connectivity index (χ2v) is 21.5. The molecule has 8 rings (SSSR count). The summed E-state index contributed by atoms with van der Waals surface area (Å²) in [6.45, 7) is 20.6. The zero-order chi connectivity index (χ0) is 61.4. The Bertz CT molecular complexity index is 3550. The molecule has 0 atom stereocenters. The molecule has 0 bridgehead atoms. The van der Waals surface area contributed by atoms with Gasteiger partial charge in [0.25, 0.3) is 0 Å². The van der Waals surface area contributed by atoms with Crippen LogP contribution in [0.25, 0.3) is 39.7 Å². The first-order chi connectivity index (χ1) is 38.7. The zero-order valence-corrected chi connectivity index (χ0v) is 49.8.